The number of H-pyrrole nitrogens is 1. The molecule has 0 saturated heterocycles. The molecule has 38 heavy (non-hydrogen) atoms. The summed E-state index contributed by atoms with van der Waals surface area (Å²) < 4.78 is 17.8. The molecule has 0 saturated carbocycles. The van der Waals surface area contributed by atoms with Gasteiger partial charge in [-0.15, -0.1) is 10.2 Å². The fourth-order valence-corrected chi connectivity index (χ4v) is 4.50. The van der Waals surface area contributed by atoms with Crippen molar-refractivity contribution < 1.29 is 9.18 Å². The summed E-state index contributed by atoms with van der Waals surface area (Å²) in [4.78, 5) is 30.3. The van der Waals surface area contributed by atoms with E-state index in [9.17, 15) is 14.0 Å². The number of carbonyl (C=O) groups excluding carboxylic acids is 1. The van der Waals surface area contributed by atoms with E-state index < -0.39 is 11.5 Å². The predicted octanol–water partition coefficient (Wildman–Crippen LogP) is 4.61. The van der Waals surface area contributed by atoms with Gasteiger partial charge in [-0.1, -0.05) is 43.7 Å². The number of imidazole rings is 1. The minimum Gasteiger partial charge on any atom is -0.294 e. The van der Waals surface area contributed by atoms with E-state index >= 15 is 0 Å². The van der Waals surface area contributed by atoms with Crippen molar-refractivity contribution in [2.75, 3.05) is 0 Å². The second-order valence-corrected chi connectivity index (χ2v) is 8.99. The number of pyridine rings is 1. The van der Waals surface area contributed by atoms with Gasteiger partial charge in [0.2, 0.25) is 5.82 Å². The van der Waals surface area contributed by atoms with Crippen LogP contribution in [0.5, 0.6) is 0 Å². The fourth-order valence-electron chi connectivity index (χ4n) is 4.50. The molecule has 3 aromatic heterocycles. The summed E-state index contributed by atoms with van der Waals surface area (Å²) in [5, 5.41) is 14.2. The molecule has 0 aliphatic carbocycles. The van der Waals surface area contributed by atoms with Crippen molar-refractivity contribution in [3.63, 3.8) is 0 Å². The standard InChI is InChI=1S/C28H26FN7O2/c1-3-4-7-21-17-36(26-22(18(2)37)8-5-10-24(26)29)28(38)35(21)16-19-11-13-20(14-12-19)25-23(9-6-15-30-25)27-31-33-34-32-27/h5-6,8-15,17H,3-4,7,16H2,1-2H3,(H,31,32,33,34). The molecule has 2 aromatic carbocycles. The lowest BCUT2D eigenvalue weighted by atomic mass is 10.0. The molecule has 0 atom stereocenters. The smallest absolute Gasteiger partial charge is 0.294 e. The predicted molar refractivity (Wildman–Crippen MR) is 141 cm³/mol. The molecule has 3 heterocycles. The lowest BCUT2D eigenvalue weighted by Gasteiger charge is -2.10. The maximum atomic E-state index is 14.9. The molecule has 9 nitrogen and oxygen atoms in total. The third-order valence-electron chi connectivity index (χ3n) is 6.42. The summed E-state index contributed by atoms with van der Waals surface area (Å²) >= 11 is 0. The average Bonchev–Trinajstić information content (AvgIpc) is 3.57. The first-order valence-electron chi connectivity index (χ1n) is 12.4. The van der Waals surface area contributed by atoms with E-state index in [1.54, 1.807) is 17.0 Å². The summed E-state index contributed by atoms with van der Waals surface area (Å²) in [7, 11) is 0. The van der Waals surface area contributed by atoms with E-state index in [1.807, 2.05) is 36.4 Å². The molecule has 10 heteroatoms. The third kappa shape index (κ3) is 4.80. The number of halogens is 1. The van der Waals surface area contributed by atoms with Gasteiger partial charge in [0.15, 0.2) is 5.78 Å². The van der Waals surface area contributed by atoms with E-state index in [-0.39, 0.29) is 17.0 Å². The zero-order valence-electron chi connectivity index (χ0n) is 21.1. The van der Waals surface area contributed by atoms with Crippen LogP contribution in [0.3, 0.4) is 0 Å². The van der Waals surface area contributed by atoms with E-state index in [2.05, 4.69) is 32.5 Å². The number of tetrazole rings is 1. The van der Waals surface area contributed by atoms with Crippen molar-refractivity contribution >= 4 is 5.78 Å². The van der Waals surface area contributed by atoms with Crippen LogP contribution in [0.2, 0.25) is 0 Å². The number of Topliss-reactive ketones (excluding diaryl/α,β-unsaturated/α-hetero) is 1. The lowest BCUT2D eigenvalue weighted by molar-refractivity contribution is 0.101. The monoisotopic (exact) mass is 511 g/mol. The van der Waals surface area contributed by atoms with Crippen LogP contribution < -0.4 is 5.69 Å². The van der Waals surface area contributed by atoms with Crippen molar-refractivity contribution in [1.82, 2.24) is 34.7 Å². The Labute approximate surface area is 218 Å². The van der Waals surface area contributed by atoms with Crippen molar-refractivity contribution in [2.45, 2.75) is 39.7 Å². The topological polar surface area (TPSA) is 111 Å². The largest absolute Gasteiger partial charge is 0.333 e. The number of hydrogen-bond acceptors (Lipinski definition) is 6. The van der Waals surface area contributed by atoms with E-state index in [0.29, 0.717) is 24.5 Å². The number of aryl methyl sites for hydroxylation is 1. The van der Waals surface area contributed by atoms with Crippen molar-refractivity contribution in [2.24, 2.45) is 0 Å². The van der Waals surface area contributed by atoms with Crippen LogP contribution >= 0.6 is 0 Å². The highest BCUT2D eigenvalue weighted by molar-refractivity contribution is 5.97. The molecule has 0 aliphatic heterocycles. The number of nitrogens with one attached hydrogen (secondary N) is 1. The number of carbonyl (C=O) groups is 1. The molecular weight excluding hydrogens is 485 g/mol. The number of para-hydroxylation sites is 1. The van der Waals surface area contributed by atoms with Crippen LogP contribution in [0, 0.1) is 5.82 Å². The molecule has 192 valence electrons. The fraction of sp³-hybridized carbons (Fsp3) is 0.214. The highest BCUT2D eigenvalue weighted by atomic mass is 19.1. The lowest BCUT2D eigenvalue weighted by Crippen LogP contribution is -2.26. The Morgan fingerprint density at radius 2 is 1.89 bits per heavy atom. The van der Waals surface area contributed by atoms with Gasteiger partial charge < -0.3 is 0 Å². The maximum absolute atomic E-state index is 14.9. The van der Waals surface area contributed by atoms with Crippen LogP contribution in [0.25, 0.3) is 28.3 Å². The van der Waals surface area contributed by atoms with Crippen LogP contribution in [-0.4, -0.2) is 40.5 Å². The Bertz CT molecular complexity index is 1640. The minimum atomic E-state index is -0.615. The molecule has 0 amide bonds. The number of benzene rings is 2. The Morgan fingerprint density at radius 1 is 1.08 bits per heavy atom. The maximum Gasteiger partial charge on any atom is 0.333 e. The zero-order valence-corrected chi connectivity index (χ0v) is 21.1. The first-order chi connectivity index (χ1) is 18.5. The molecule has 0 aliphatic rings. The summed E-state index contributed by atoms with van der Waals surface area (Å²) in [5.74, 6) is -0.473. The second kappa shape index (κ2) is 10.7. The second-order valence-electron chi connectivity index (χ2n) is 8.99. The zero-order chi connectivity index (χ0) is 26.6. The summed E-state index contributed by atoms with van der Waals surface area (Å²) in [6.07, 6.45) is 5.83. The number of nitrogens with zero attached hydrogens (tertiary/aromatic N) is 6. The highest BCUT2D eigenvalue weighted by Gasteiger charge is 2.20. The molecule has 0 radical (unpaired) electrons. The number of ketones is 1. The van der Waals surface area contributed by atoms with Crippen molar-refractivity contribution in [3.8, 4) is 28.3 Å². The van der Waals surface area contributed by atoms with E-state index in [4.69, 9.17) is 0 Å². The number of rotatable bonds is 9. The van der Waals surface area contributed by atoms with Gasteiger partial charge in [0.25, 0.3) is 0 Å². The average molecular weight is 512 g/mol. The number of aromatic amines is 1. The SMILES string of the molecule is CCCCc1cn(-c2c(F)cccc2C(C)=O)c(=O)n1Cc1ccc(-c2ncccc2-c2nn[nH]n2)cc1. The van der Waals surface area contributed by atoms with Gasteiger partial charge in [0.1, 0.15) is 5.82 Å². The summed E-state index contributed by atoms with van der Waals surface area (Å²) in [6.45, 7) is 3.74. The van der Waals surface area contributed by atoms with Gasteiger partial charge in [0, 0.05) is 34.8 Å². The van der Waals surface area contributed by atoms with Gasteiger partial charge >= 0.3 is 5.69 Å². The van der Waals surface area contributed by atoms with Gasteiger partial charge in [-0.25, -0.2) is 9.18 Å². The Hall–Kier alpha value is -4.73. The van der Waals surface area contributed by atoms with Gasteiger partial charge in [-0.2, -0.15) is 5.21 Å². The first kappa shape index (κ1) is 24.9. The summed E-state index contributed by atoms with van der Waals surface area (Å²) in [6, 6.07) is 15.7. The molecule has 1 N–H and O–H groups in total. The van der Waals surface area contributed by atoms with Gasteiger partial charge in [0.05, 0.1) is 17.9 Å². The van der Waals surface area contributed by atoms with Crippen LogP contribution in [-0.2, 0) is 13.0 Å². The van der Waals surface area contributed by atoms with E-state index in [0.717, 1.165) is 35.2 Å². The minimum absolute atomic E-state index is 0.0130. The molecule has 0 fully saturated rings. The highest BCUT2D eigenvalue weighted by Crippen LogP contribution is 2.28. The van der Waals surface area contributed by atoms with Crippen molar-refractivity contribution in [3.05, 3.63) is 100 Å². The normalized spacial score (nSPS) is 11.1. The first-order valence-corrected chi connectivity index (χ1v) is 12.4. The third-order valence-corrected chi connectivity index (χ3v) is 6.42. The number of unbranched alkanes of at least 4 members (excludes halogenated alkanes) is 1. The van der Waals surface area contributed by atoms with Crippen LogP contribution in [0.15, 0.2) is 71.8 Å². The Balaban J connectivity index is 1.51. The van der Waals surface area contributed by atoms with Crippen molar-refractivity contribution in [1.29, 1.82) is 0 Å². The summed E-state index contributed by atoms with van der Waals surface area (Å²) in [5.41, 5.74) is 3.76. The van der Waals surface area contributed by atoms with Gasteiger partial charge in [-0.05, 0) is 54.8 Å². The molecule has 0 spiro atoms. The van der Waals surface area contributed by atoms with Gasteiger partial charge in [-0.3, -0.25) is 18.9 Å². The Kier molecular flexibility index (Phi) is 7.03. The van der Waals surface area contributed by atoms with Crippen LogP contribution in [0.4, 0.5) is 4.39 Å². The van der Waals surface area contributed by atoms with Crippen LogP contribution in [0.1, 0.15) is 48.3 Å². The molecule has 0 bridgehead atoms. The molecule has 0 unspecified atom stereocenters. The molecular formula is C28H26FN7O2. The number of aromatic nitrogens is 7. The quantitative estimate of drug-likeness (QED) is 0.289. The molecule has 5 aromatic rings. The molecule has 5 rings (SSSR count). The van der Waals surface area contributed by atoms with E-state index in [1.165, 1.54) is 29.7 Å². The number of hydrogen-bond donors (Lipinski definition) is 1. The Morgan fingerprint density at radius 3 is 2.61 bits per heavy atom.